The summed E-state index contributed by atoms with van der Waals surface area (Å²) in [6.45, 7) is 3.74. The number of nitro groups is 1. The van der Waals surface area contributed by atoms with Crippen molar-refractivity contribution in [1.29, 1.82) is 0 Å². The maximum Gasteiger partial charge on any atom is 0.295 e. The Morgan fingerprint density at radius 2 is 1.55 bits per heavy atom. The number of halogens is 1. The largest absolute Gasteiger partial charge is 0.368 e. The third-order valence-corrected chi connectivity index (χ3v) is 7.54. The van der Waals surface area contributed by atoms with Crippen molar-refractivity contribution in [3.8, 4) is 16.9 Å². The second kappa shape index (κ2) is 10.9. The minimum absolute atomic E-state index is 0.0615. The monoisotopic (exact) mass is 563 g/mol. The van der Waals surface area contributed by atoms with Gasteiger partial charge in [0, 0.05) is 54.4 Å². The first-order valence-corrected chi connectivity index (χ1v) is 13.5. The van der Waals surface area contributed by atoms with E-state index in [9.17, 15) is 24.1 Å². The van der Waals surface area contributed by atoms with Crippen LogP contribution in [-0.4, -0.2) is 51.7 Å². The van der Waals surface area contributed by atoms with Gasteiger partial charge in [-0.25, -0.2) is 4.39 Å². The molecule has 0 atom stereocenters. The van der Waals surface area contributed by atoms with E-state index in [1.54, 1.807) is 29.2 Å². The Morgan fingerprint density at radius 3 is 2.21 bits per heavy atom. The van der Waals surface area contributed by atoms with Gasteiger partial charge in [0.05, 0.1) is 16.0 Å². The van der Waals surface area contributed by atoms with Gasteiger partial charge in [-0.3, -0.25) is 19.7 Å². The van der Waals surface area contributed by atoms with Crippen molar-refractivity contribution < 1.29 is 14.1 Å². The summed E-state index contributed by atoms with van der Waals surface area (Å²) in [5.41, 5.74) is 2.83. The lowest BCUT2D eigenvalue weighted by atomic mass is 10.0. The number of fused-ring (bicyclic) bond motifs is 1. The number of anilines is 1. The number of carbonyl (C=O) groups excluding carboxylic acids is 1. The first-order chi connectivity index (χ1) is 20.3. The molecule has 0 bridgehead atoms. The number of nitrogens with zero attached hydrogens (tertiary/aromatic N) is 5. The number of aromatic nitrogens is 2. The Labute approximate surface area is 240 Å². The SMILES string of the molecule is Cc1ccc(-c2nn(-c3cc(N4CCN(C(=O)c5ccc(F)cc5)CC4)ccc3[N+](=O)[O-])c(=O)c3ccccc23)cc1. The fourth-order valence-electron chi connectivity index (χ4n) is 5.25. The van der Waals surface area contributed by atoms with Gasteiger partial charge < -0.3 is 9.80 Å². The standard InChI is InChI=1S/C32H26FN5O4/c1-21-6-8-22(9-7-21)30-26-4-2-3-5-27(26)32(40)37(34-30)29-20-25(14-15-28(29)38(41)42)35-16-18-36(19-17-35)31(39)23-10-12-24(33)13-11-23/h2-15,20H,16-19H2,1H3. The van der Waals surface area contributed by atoms with Crippen LogP contribution in [0.4, 0.5) is 15.8 Å². The van der Waals surface area contributed by atoms with Gasteiger partial charge in [0.25, 0.3) is 17.2 Å². The lowest BCUT2D eigenvalue weighted by Gasteiger charge is -2.36. The van der Waals surface area contributed by atoms with Crippen LogP contribution in [0.5, 0.6) is 0 Å². The Hall–Kier alpha value is -5.38. The zero-order chi connectivity index (χ0) is 29.4. The quantitative estimate of drug-likeness (QED) is 0.211. The average Bonchev–Trinajstić information content (AvgIpc) is 3.02. The molecule has 2 heterocycles. The second-order valence-corrected chi connectivity index (χ2v) is 10.2. The molecule has 9 nitrogen and oxygen atoms in total. The van der Waals surface area contributed by atoms with E-state index >= 15 is 0 Å². The molecule has 1 aliphatic rings. The highest BCUT2D eigenvalue weighted by atomic mass is 19.1. The van der Waals surface area contributed by atoms with E-state index < -0.39 is 16.3 Å². The first kappa shape index (κ1) is 26.8. The highest BCUT2D eigenvalue weighted by Gasteiger charge is 2.26. The number of benzene rings is 4. The molecule has 0 saturated carbocycles. The molecule has 1 saturated heterocycles. The predicted molar refractivity (Wildman–Crippen MR) is 159 cm³/mol. The molecule has 210 valence electrons. The van der Waals surface area contributed by atoms with Gasteiger partial charge in [0.2, 0.25) is 0 Å². The smallest absolute Gasteiger partial charge is 0.295 e. The fourth-order valence-corrected chi connectivity index (χ4v) is 5.25. The molecular weight excluding hydrogens is 537 g/mol. The van der Waals surface area contributed by atoms with E-state index in [0.29, 0.717) is 53.9 Å². The highest BCUT2D eigenvalue weighted by Crippen LogP contribution is 2.31. The van der Waals surface area contributed by atoms with Crippen molar-refractivity contribution >= 4 is 28.1 Å². The third-order valence-electron chi connectivity index (χ3n) is 7.54. The van der Waals surface area contributed by atoms with Crippen molar-refractivity contribution in [1.82, 2.24) is 14.7 Å². The highest BCUT2D eigenvalue weighted by molar-refractivity contribution is 5.95. The maximum atomic E-state index is 13.7. The van der Waals surface area contributed by atoms with Gasteiger partial charge in [-0.1, -0.05) is 48.0 Å². The summed E-state index contributed by atoms with van der Waals surface area (Å²) in [6.07, 6.45) is 0. The molecule has 0 radical (unpaired) electrons. The lowest BCUT2D eigenvalue weighted by molar-refractivity contribution is -0.384. The molecular formula is C32H26FN5O4. The molecule has 1 aliphatic heterocycles. The molecule has 42 heavy (non-hydrogen) atoms. The molecule has 4 aromatic carbocycles. The van der Waals surface area contributed by atoms with Crippen molar-refractivity contribution in [3.05, 3.63) is 128 Å². The number of carbonyl (C=O) groups is 1. The van der Waals surface area contributed by atoms with Crippen LogP contribution in [-0.2, 0) is 0 Å². The molecule has 6 rings (SSSR count). The van der Waals surface area contributed by atoms with Crippen LogP contribution < -0.4 is 10.5 Å². The summed E-state index contributed by atoms with van der Waals surface area (Å²) in [6, 6.07) is 24.9. The predicted octanol–water partition coefficient (Wildman–Crippen LogP) is 5.37. The Bertz CT molecular complexity index is 1880. The van der Waals surface area contributed by atoms with E-state index in [2.05, 4.69) is 5.10 Å². The number of aryl methyl sites for hydroxylation is 1. The van der Waals surface area contributed by atoms with Gasteiger partial charge in [-0.2, -0.15) is 9.78 Å². The molecule has 1 fully saturated rings. The van der Waals surface area contributed by atoms with Crippen molar-refractivity contribution in [2.24, 2.45) is 0 Å². The maximum absolute atomic E-state index is 13.7. The molecule has 1 aromatic heterocycles. The van der Waals surface area contributed by atoms with E-state index in [4.69, 9.17) is 0 Å². The second-order valence-electron chi connectivity index (χ2n) is 10.2. The summed E-state index contributed by atoms with van der Waals surface area (Å²) in [4.78, 5) is 41.9. The lowest BCUT2D eigenvalue weighted by Crippen LogP contribution is -2.48. The Morgan fingerprint density at radius 1 is 0.881 bits per heavy atom. The van der Waals surface area contributed by atoms with Gasteiger partial charge >= 0.3 is 0 Å². The van der Waals surface area contributed by atoms with Crippen molar-refractivity contribution in [3.63, 3.8) is 0 Å². The number of hydrogen-bond acceptors (Lipinski definition) is 6. The van der Waals surface area contributed by atoms with E-state index in [1.165, 1.54) is 30.3 Å². The van der Waals surface area contributed by atoms with Gasteiger partial charge in [0.1, 0.15) is 11.5 Å². The summed E-state index contributed by atoms with van der Waals surface area (Å²) in [7, 11) is 0. The van der Waals surface area contributed by atoms with Crippen LogP contribution in [0.3, 0.4) is 0 Å². The summed E-state index contributed by atoms with van der Waals surface area (Å²) in [5, 5.41) is 17.8. The zero-order valence-electron chi connectivity index (χ0n) is 22.7. The Balaban J connectivity index is 1.37. The molecule has 1 amide bonds. The third kappa shape index (κ3) is 4.98. The molecule has 0 N–H and O–H groups in total. The number of amides is 1. The zero-order valence-corrected chi connectivity index (χ0v) is 22.7. The summed E-state index contributed by atoms with van der Waals surface area (Å²) >= 11 is 0. The first-order valence-electron chi connectivity index (χ1n) is 13.5. The number of hydrogen-bond donors (Lipinski definition) is 0. The molecule has 0 aliphatic carbocycles. The van der Waals surface area contributed by atoms with Gasteiger partial charge in [-0.15, -0.1) is 0 Å². The Kier molecular flexibility index (Phi) is 6.95. The average molecular weight is 564 g/mol. The molecule has 0 unspecified atom stereocenters. The van der Waals surface area contributed by atoms with Crippen LogP contribution in [0.2, 0.25) is 0 Å². The minimum atomic E-state index is -0.521. The van der Waals surface area contributed by atoms with Crippen LogP contribution >= 0.6 is 0 Å². The van der Waals surface area contributed by atoms with Crippen LogP contribution in [0.15, 0.2) is 95.8 Å². The summed E-state index contributed by atoms with van der Waals surface area (Å²) < 4.78 is 14.4. The number of nitro benzene ring substituents is 1. The van der Waals surface area contributed by atoms with Crippen molar-refractivity contribution in [2.75, 3.05) is 31.1 Å². The van der Waals surface area contributed by atoms with E-state index in [1.807, 2.05) is 48.2 Å². The molecule has 5 aromatic rings. The van der Waals surface area contributed by atoms with E-state index in [-0.39, 0.29) is 17.3 Å². The number of rotatable bonds is 5. The van der Waals surface area contributed by atoms with Crippen LogP contribution in [0, 0.1) is 22.9 Å². The fraction of sp³-hybridized carbons (Fsp3) is 0.156. The molecule has 0 spiro atoms. The normalized spacial score (nSPS) is 13.4. The van der Waals surface area contributed by atoms with Crippen LogP contribution in [0.25, 0.3) is 27.7 Å². The topological polar surface area (TPSA) is 102 Å². The van der Waals surface area contributed by atoms with Gasteiger partial charge in [-0.05, 0) is 49.4 Å². The number of piperazine rings is 1. The van der Waals surface area contributed by atoms with Gasteiger partial charge in [0.15, 0.2) is 0 Å². The molecule has 10 heteroatoms. The van der Waals surface area contributed by atoms with Crippen molar-refractivity contribution in [2.45, 2.75) is 6.92 Å². The summed E-state index contributed by atoms with van der Waals surface area (Å²) in [5.74, 6) is -0.592. The van der Waals surface area contributed by atoms with E-state index in [0.717, 1.165) is 15.8 Å². The minimum Gasteiger partial charge on any atom is -0.368 e. The van der Waals surface area contributed by atoms with Crippen LogP contribution in [0.1, 0.15) is 15.9 Å².